The maximum Gasteiger partial charge on any atom is 0.418 e. The van der Waals surface area contributed by atoms with E-state index in [0.29, 0.717) is 11.6 Å². The van der Waals surface area contributed by atoms with Crippen LogP contribution in [0.5, 0.6) is 0 Å². The van der Waals surface area contributed by atoms with Crippen LogP contribution in [-0.4, -0.2) is 11.6 Å². The molecule has 0 spiro atoms. The molecule has 2 atom stereocenters. The average Bonchev–Trinajstić information content (AvgIpc) is 2.97. The minimum atomic E-state index is -4.50. The first kappa shape index (κ1) is 13.1. The molecule has 20 heavy (non-hydrogen) atoms. The minimum absolute atomic E-state index is 0.126. The molecule has 6 heteroatoms. The third kappa shape index (κ3) is 2.19. The molecule has 1 amide bonds. The van der Waals surface area contributed by atoms with Crippen LogP contribution in [0.25, 0.3) is 0 Å². The fraction of sp³-hybridized carbons (Fsp3) is 0.429. The number of para-hydroxylation sites is 1. The molecule has 3 nitrogen and oxygen atoms in total. The van der Waals surface area contributed by atoms with Gasteiger partial charge in [0, 0.05) is 5.92 Å². The lowest BCUT2D eigenvalue weighted by Crippen LogP contribution is -2.23. The average molecular weight is 282 g/mol. The van der Waals surface area contributed by atoms with Crippen LogP contribution in [-0.2, 0) is 11.0 Å². The highest BCUT2D eigenvalue weighted by Gasteiger charge is 2.43. The number of anilines is 1. The lowest BCUT2D eigenvalue weighted by atomic mass is 10.1. The van der Waals surface area contributed by atoms with E-state index in [1.807, 2.05) is 6.92 Å². The third-order valence-electron chi connectivity index (χ3n) is 3.77. The Labute approximate surface area is 114 Å². The van der Waals surface area contributed by atoms with E-state index in [0.717, 1.165) is 17.5 Å². The SMILES string of the molecule is CC1CC1C1=NN(c2ccccc2C(F)(F)F)C(=O)C1. The zero-order valence-electron chi connectivity index (χ0n) is 10.8. The molecular weight excluding hydrogens is 269 g/mol. The topological polar surface area (TPSA) is 32.7 Å². The molecule has 1 aliphatic heterocycles. The van der Waals surface area contributed by atoms with Crippen molar-refractivity contribution in [1.29, 1.82) is 0 Å². The summed E-state index contributed by atoms with van der Waals surface area (Å²) in [6.45, 7) is 2.05. The first-order chi connectivity index (χ1) is 9.38. The van der Waals surface area contributed by atoms with Gasteiger partial charge >= 0.3 is 6.18 Å². The van der Waals surface area contributed by atoms with Gasteiger partial charge in [-0.05, 0) is 24.5 Å². The van der Waals surface area contributed by atoms with Crippen LogP contribution < -0.4 is 5.01 Å². The van der Waals surface area contributed by atoms with Gasteiger partial charge in [0.1, 0.15) is 0 Å². The molecule has 106 valence electrons. The molecule has 1 saturated carbocycles. The predicted octanol–water partition coefficient (Wildman–Crippen LogP) is 3.45. The van der Waals surface area contributed by atoms with Crippen LogP contribution in [0.15, 0.2) is 29.4 Å². The van der Waals surface area contributed by atoms with Crippen LogP contribution in [0.2, 0.25) is 0 Å². The second-order valence-electron chi connectivity index (χ2n) is 5.31. The van der Waals surface area contributed by atoms with E-state index < -0.39 is 17.6 Å². The van der Waals surface area contributed by atoms with Gasteiger partial charge in [-0.2, -0.15) is 23.3 Å². The van der Waals surface area contributed by atoms with E-state index in [2.05, 4.69) is 5.10 Å². The van der Waals surface area contributed by atoms with E-state index in [1.165, 1.54) is 18.2 Å². The highest BCUT2D eigenvalue weighted by Crippen LogP contribution is 2.43. The van der Waals surface area contributed by atoms with Gasteiger partial charge in [-0.3, -0.25) is 4.79 Å². The molecule has 1 aliphatic carbocycles. The lowest BCUT2D eigenvalue weighted by molar-refractivity contribution is -0.137. The summed E-state index contributed by atoms with van der Waals surface area (Å²) in [5, 5.41) is 5.03. The second kappa shape index (κ2) is 4.33. The highest BCUT2D eigenvalue weighted by molar-refractivity contribution is 6.14. The van der Waals surface area contributed by atoms with Crippen molar-refractivity contribution in [3.8, 4) is 0 Å². The second-order valence-corrected chi connectivity index (χ2v) is 5.31. The zero-order chi connectivity index (χ0) is 14.5. The zero-order valence-corrected chi connectivity index (χ0v) is 10.8. The summed E-state index contributed by atoms with van der Waals surface area (Å²) >= 11 is 0. The molecule has 2 unspecified atom stereocenters. The first-order valence-corrected chi connectivity index (χ1v) is 6.44. The van der Waals surface area contributed by atoms with Gasteiger partial charge in [0.2, 0.25) is 0 Å². The van der Waals surface area contributed by atoms with Crippen molar-refractivity contribution in [3.05, 3.63) is 29.8 Å². The molecule has 1 fully saturated rings. The summed E-state index contributed by atoms with van der Waals surface area (Å²) < 4.78 is 38.9. The van der Waals surface area contributed by atoms with Crippen LogP contribution in [0.1, 0.15) is 25.3 Å². The summed E-state index contributed by atoms with van der Waals surface area (Å²) in [5.41, 5.74) is -0.310. The Bertz CT molecular complexity index is 594. The summed E-state index contributed by atoms with van der Waals surface area (Å²) in [6.07, 6.45) is -3.41. The molecule has 1 aromatic rings. The number of halogens is 3. The van der Waals surface area contributed by atoms with Crippen molar-refractivity contribution in [2.75, 3.05) is 5.01 Å². The van der Waals surface area contributed by atoms with Gasteiger partial charge < -0.3 is 0 Å². The molecule has 1 heterocycles. The molecule has 0 aromatic heterocycles. The number of hydrogen-bond acceptors (Lipinski definition) is 2. The Morgan fingerprint density at radius 3 is 2.55 bits per heavy atom. The van der Waals surface area contributed by atoms with Crippen LogP contribution in [0, 0.1) is 11.8 Å². The van der Waals surface area contributed by atoms with Gasteiger partial charge in [0.05, 0.1) is 23.4 Å². The van der Waals surface area contributed by atoms with E-state index in [-0.39, 0.29) is 18.0 Å². The molecule has 0 radical (unpaired) electrons. The van der Waals surface area contributed by atoms with Crippen molar-refractivity contribution in [2.45, 2.75) is 25.9 Å². The standard InChI is InChI=1S/C14H13F3N2O/c1-8-6-9(8)11-7-13(20)19(18-11)12-5-3-2-4-10(12)14(15,16)17/h2-5,8-9H,6-7H2,1H3. The lowest BCUT2D eigenvalue weighted by Gasteiger charge is -2.17. The monoisotopic (exact) mass is 282 g/mol. The van der Waals surface area contributed by atoms with E-state index in [4.69, 9.17) is 0 Å². The fourth-order valence-electron chi connectivity index (χ4n) is 2.53. The number of benzene rings is 1. The highest BCUT2D eigenvalue weighted by atomic mass is 19.4. The number of carbonyl (C=O) groups is 1. The normalized spacial score (nSPS) is 25.9. The fourth-order valence-corrected chi connectivity index (χ4v) is 2.53. The van der Waals surface area contributed by atoms with Crippen molar-refractivity contribution >= 4 is 17.3 Å². The van der Waals surface area contributed by atoms with Crippen molar-refractivity contribution in [2.24, 2.45) is 16.9 Å². The Balaban J connectivity index is 1.97. The third-order valence-corrected chi connectivity index (χ3v) is 3.77. The number of carbonyl (C=O) groups excluding carboxylic acids is 1. The maximum absolute atomic E-state index is 13.0. The minimum Gasteiger partial charge on any atom is -0.272 e. The summed E-state index contributed by atoms with van der Waals surface area (Å²) in [4.78, 5) is 11.9. The number of amides is 1. The van der Waals surface area contributed by atoms with E-state index >= 15 is 0 Å². The quantitative estimate of drug-likeness (QED) is 0.817. The van der Waals surface area contributed by atoms with E-state index in [1.54, 1.807) is 0 Å². The largest absolute Gasteiger partial charge is 0.418 e. The molecule has 0 N–H and O–H groups in total. The van der Waals surface area contributed by atoms with Crippen molar-refractivity contribution in [3.63, 3.8) is 0 Å². The van der Waals surface area contributed by atoms with Crippen LogP contribution >= 0.6 is 0 Å². The molecule has 0 bridgehead atoms. The van der Waals surface area contributed by atoms with Crippen molar-refractivity contribution in [1.82, 2.24) is 0 Å². The number of nitrogens with zero attached hydrogens (tertiary/aromatic N) is 2. The van der Waals surface area contributed by atoms with Gasteiger partial charge in [-0.15, -0.1) is 0 Å². The maximum atomic E-state index is 13.0. The molecule has 0 saturated heterocycles. The number of hydrogen-bond donors (Lipinski definition) is 0. The Hall–Kier alpha value is -1.85. The van der Waals surface area contributed by atoms with Gasteiger partial charge in [-0.25, -0.2) is 0 Å². The summed E-state index contributed by atoms with van der Waals surface area (Å²) in [7, 11) is 0. The Kier molecular flexibility index (Phi) is 2.84. The first-order valence-electron chi connectivity index (χ1n) is 6.44. The number of rotatable bonds is 2. The van der Waals surface area contributed by atoms with Gasteiger partial charge in [0.15, 0.2) is 0 Å². The van der Waals surface area contributed by atoms with Crippen molar-refractivity contribution < 1.29 is 18.0 Å². The number of alkyl halides is 3. The Morgan fingerprint density at radius 2 is 1.95 bits per heavy atom. The van der Waals surface area contributed by atoms with E-state index in [9.17, 15) is 18.0 Å². The van der Waals surface area contributed by atoms with Gasteiger partial charge in [-0.1, -0.05) is 19.1 Å². The Morgan fingerprint density at radius 1 is 1.30 bits per heavy atom. The van der Waals surface area contributed by atoms with Crippen LogP contribution in [0.4, 0.5) is 18.9 Å². The molecule has 2 aliphatic rings. The molecular formula is C14H13F3N2O. The predicted molar refractivity (Wildman–Crippen MR) is 68.3 cm³/mol. The molecule has 3 rings (SSSR count). The molecule has 1 aromatic carbocycles. The summed E-state index contributed by atoms with van der Waals surface area (Å²) in [6, 6.07) is 5.03. The summed E-state index contributed by atoms with van der Waals surface area (Å²) in [5.74, 6) is 0.331. The van der Waals surface area contributed by atoms with Gasteiger partial charge in [0.25, 0.3) is 5.91 Å². The smallest absolute Gasteiger partial charge is 0.272 e. The number of hydrazone groups is 1. The van der Waals surface area contributed by atoms with Crippen LogP contribution in [0.3, 0.4) is 0 Å².